The Morgan fingerprint density at radius 3 is 2.13 bits per heavy atom. The highest BCUT2D eigenvalue weighted by Crippen LogP contribution is 2.40. The van der Waals surface area contributed by atoms with Gasteiger partial charge in [-0.1, -0.05) is 50.6 Å². The molecule has 0 N–H and O–H groups in total. The van der Waals surface area contributed by atoms with Crippen LogP contribution in [0.25, 0.3) is 11.1 Å². The maximum absolute atomic E-state index is 15.2. The molecule has 0 heterocycles. The van der Waals surface area contributed by atoms with Gasteiger partial charge in [-0.3, -0.25) is 0 Å². The fourth-order valence-corrected chi connectivity index (χ4v) is 5.33. The lowest BCUT2D eigenvalue weighted by Crippen LogP contribution is -2.16. The van der Waals surface area contributed by atoms with E-state index in [4.69, 9.17) is 9.47 Å². The zero-order chi connectivity index (χ0) is 26.9. The van der Waals surface area contributed by atoms with E-state index < -0.39 is 11.6 Å². The summed E-state index contributed by atoms with van der Waals surface area (Å²) < 4.78 is 56.0. The second-order valence-electron chi connectivity index (χ2n) is 10.4. The van der Waals surface area contributed by atoms with Crippen LogP contribution in [-0.4, -0.2) is 13.2 Å². The third-order valence-corrected chi connectivity index (χ3v) is 7.65. The summed E-state index contributed by atoms with van der Waals surface area (Å²) in [7, 11) is 0. The summed E-state index contributed by atoms with van der Waals surface area (Å²) in [6, 6.07) is 15.7. The second kappa shape index (κ2) is 13.7. The Labute approximate surface area is 225 Å². The second-order valence-corrected chi connectivity index (χ2v) is 10.4. The summed E-state index contributed by atoms with van der Waals surface area (Å²) in [4.78, 5) is 0. The maximum atomic E-state index is 15.2. The van der Waals surface area contributed by atoms with Gasteiger partial charge in [0, 0.05) is 11.6 Å². The van der Waals surface area contributed by atoms with Crippen molar-refractivity contribution >= 4 is 0 Å². The molecule has 3 aromatic carbocycles. The number of aryl methyl sites for hydroxylation is 1. The van der Waals surface area contributed by atoms with Crippen molar-refractivity contribution in [3.63, 3.8) is 0 Å². The third-order valence-electron chi connectivity index (χ3n) is 7.65. The molecule has 0 spiro atoms. The minimum absolute atomic E-state index is 0.0101. The first-order valence-corrected chi connectivity index (χ1v) is 14.1. The first kappa shape index (κ1) is 28.1. The van der Waals surface area contributed by atoms with E-state index in [1.165, 1.54) is 6.07 Å². The van der Waals surface area contributed by atoms with Gasteiger partial charge in [0.1, 0.15) is 17.3 Å². The minimum Gasteiger partial charge on any atom is -0.494 e. The smallest absolute Gasteiger partial charge is 0.166 e. The molecule has 3 aromatic rings. The van der Waals surface area contributed by atoms with E-state index in [-0.39, 0.29) is 17.3 Å². The number of unbranched alkanes of at least 4 members (excludes halogenated alkanes) is 1. The molecule has 1 saturated carbocycles. The monoisotopic (exact) mass is 524 g/mol. The van der Waals surface area contributed by atoms with Crippen LogP contribution in [0.3, 0.4) is 0 Å². The zero-order valence-electron chi connectivity index (χ0n) is 22.6. The molecule has 0 atom stereocenters. The molecule has 0 bridgehead atoms. The third kappa shape index (κ3) is 7.12. The van der Waals surface area contributed by atoms with E-state index in [0.717, 1.165) is 57.1 Å². The number of ether oxygens (including phenoxy) is 2. The Morgan fingerprint density at radius 2 is 1.45 bits per heavy atom. The maximum Gasteiger partial charge on any atom is 0.166 e. The van der Waals surface area contributed by atoms with Crippen LogP contribution < -0.4 is 9.47 Å². The molecule has 2 nitrogen and oxygen atoms in total. The van der Waals surface area contributed by atoms with Crippen molar-refractivity contribution in [3.8, 4) is 22.6 Å². The minimum atomic E-state index is -0.788. The number of benzene rings is 3. The van der Waals surface area contributed by atoms with Gasteiger partial charge in [0.2, 0.25) is 0 Å². The predicted molar refractivity (Wildman–Crippen MR) is 147 cm³/mol. The van der Waals surface area contributed by atoms with Gasteiger partial charge in [-0.25, -0.2) is 13.2 Å². The lowest BCUT2D eigenvalue weighted by Gasteiger charge is -2.29. The van der Waals surface area contributed by atoms with Crippen molar-refractivity contribution in [2.45, 2.75) is 77.6 Å². The molecule has 0 aromatic heterocycles. The van der Waals surface area contributed by atoms with Crippen molar-refractivity contribution < 1.29 is 22.6 Å². The number of hydrogen-bond acceptors (Lipinski definition) is 2. The first-order valence-electron chi connectivity index (χ1n) is 14.1. The van der Waals surface area contributed by atoms with Crippen LogP contribution in [0, 0.1) is 23.4 Å². The van der Waals surface area contributed by atoms with Gasteiger partial charge in [-0.2, -0.15) is 0 Å². The molecule has 0 saturated heterocycles. The average Bonchev–Trinajstić information content (AvgIpc) is 2.94. The van der Waals surface area contributed by atoms with Crippen molar-refractivity contribution in [1.82, 2.24) is 0 Å². The van der Waals surface area contributed by atoms with Gasteiger partial charge in [-0.15, -0.1) is 0 Å². The number of halogens is 3. The molecule has 204 valence electrons. The van der Waals surface area contributed by atoms with Gasteiger partial charge >= 0.3 is 0 Å². The Hall–Kier alpha value is -2.95. The summed E-state index contributed by atoms with van der Waals surface area (Å²) in [6.07, 6.45) is 7.98. The highest BCUT2D eigenvalue weighted by molar-refractivity contribution is 5.65. The van der Waals surface area contributed by atoms with Gasteiger partial charge in [0.05, 0.1) is 13.2 Å². The van der Waals surface area contributed by atoms with Crippen molar-refractivity contribution in [1.29, 1.82) is 0 Å². The largest absolute Gasteiger partial charge is 0.494 e. The Morgan fingerprint density at radius 1 is 0.737 bits per heavy atom. The zero-order valence-corrected chi connectivity index (χ0v) is 22.6. The Bertz CT molecular complexity index is 1170. The van der Waals surface area contributed by atoms with E-state index in [2.05, 4.69) is 6.92 Å². The Balaban J connectivity index is 1.31. The van der Waals surface area contributed by atoms with E-state index in [0.29, 0.717) is 48.0 Å². The predicted octanol–water partition coefficient (Wildman–Crippen LogP) is 9.65. The van der Waals surface area contributed by atoms with Crippen LogP contribution in [0.5, 0.6) is 11.5 Å². The van der Waals surface area contributed by atoms with E-state index >= 15 is 8.78 Å². The van der Waals surface area contributed by atoms with Crippen LogP contribution in [0.15, 0.2) is 54.6 Å². The number of hydrogen-bond donors (Lipinski definition) is 0. The molecule has 5 heteroatoms. The van der Waals surface area contributed by atoms with Crippen LogP contribution in [0.1, 0.15) is 82.3 Å². The van der Waals surface area contributed by atoms with Crippen molar-refractivity contribution in [3.05, 3.63) is 83.2 Å². The molecule has 0 aliphatic heterocycles. The normalized spacial score (nSPS) is 17.4. The van der Waals surface area contributed by atoms with Gasteiger partial charge in [0.15, 0.2) is 11.6 Å². The quantitative estimate of drug-likeness (QED) is 0.220. The van der Waals surface area contributed by atoms with Gasteiger partial charge in [0.25, 0.3) is 0 Å². The fourth-order valence-electron chi connectivity index (χ4n) is 5.33. The van der Waals surface area contributed by atoms with Crippen LogP contribution in [-0.2, 0) is 6.42 Å². The van der Waals surface area contributed by atoms with E-state index in [1.54, 1.807) is 36.4 Å². The first-order chi connectivity index (χ1) is 18.5. The molecule has 0 unspecified atom stereocenters. The van der Waals surface area contributed by atoms with Crippen LogP contribution in [0.2, 0.25) is 0 Å². The molecule has 1 aliphatic rings. The standard InChI is InChI=1S/C33H39F3O2/c1-3-5-21-38-28-17-14-26(31(34)22-28)11-8-23-6-9-24(10-7-23)29-18-19-30(33(36)32(29)35)25-12-15-27(16-13-25)37-20-4-2/h12-19,22-24H,3-11,20-21H2,1-2H3. The molecular weight excluding hydrogens is 485 g/mol. The molecule has 1 fully saturated rings. The van der Waals surface area contributed by atoms with Crippen molar-refractivity contribution in [2.24, 2.45) is 5.92 Å². The SMILES string of the molecule is CCCCOc1ccc(CCC2CCC(c3ccc(-c4ccc(OCCC)cc4)c(F)c3F)CC2)c(F)c1. The summed E-state index contributed by atoms with van der Waals surface area (Å²) in [5.41, 5.74) is 2.08. The number of rotatable bonds is 12. The average molecular weight is 525 g/mol. The highest BCUT2D eigenvalue weighted by atomic mass is 19.2. The molecule has 38 heavy (non-hydrogen) atoms. The summed E-state index contributed by atoms with van der Waals surface area (Å²) in [6.45, 7) is 5.36. The summed E-state index contributed by atoms with van der Waals surface area (Å²) in [5.74, 6) is 0.0423. The van der Waals surface area contributed by atoms with Crippen molar-refractivity contribution in [2.75, 3.05) is 13.2 Å². The van der Waals surface area contributed by atoms with Crippen LogP contribution >= 0.6 is 0 Å². The van der Waals surface area contributed by atoms with E-state index in [1.807, 2.05) is 19.1 Å². The highest BCUT2D eigenvalue weighted by Gasteiger charge is 2.26. The fraction of sp³-hybridized carbons (Fsp3) is 0.455. The molecule has 1 aliphatic carbocycles. The summed E-state index contributed by atoms with van der Waals surface area (Å²) >= 11 is 0. The van der Waals surface area contributed by atoms with E-state index in [9.17, 15) is 4.39 Å². The van der Waals surface area contributed by atoms with Crippen LogP contribution in [0.4, 0.5) is 13.2 Å². The van der Waals surface area contributed by atoms with Gasteiger partial charge in [-0.05, 0) is 98.1 Å². The molecule has 4 rings (SSSR count). The molecular formula is C33H39F3O2. The summed E-state index contributed by atoms with van der Waals surface area (Å²) in [5, 5.41) is 0. The van der Waals surface area contributed by atoms with Gasteiger partial charge < -0.3 is 9.47 Å². The topological polar surface area (TPSA) is 18.5 Å². The lowest BCUT2D eigenvalue weighted by atomic mass is 9.76. The molecule has 0 radical (unpaired) electrons. The lowest BCUT2D eigenvalue weighted by molar-refractivity contribution is 0.302. The Kier molecular flexibility index (Phi) is 10.1. The molecule has 0 amide bonds.